The van der Waals surface area contributed by atoms with Crippen LogP contribution in [0.3, 0.4) is 0 Å². The topological polar surface area (TPSA) is 137 Å². The Morgan fingerprint density at radius 1 is 1.31 bits per heavy atom. The van der Waals surface area contributed by atoms with E-state index in [9.17, 15) is 9.90 Å². The molecule has 4 N–H and O–H groups in total. The van der Waals surface area contributed by atoms with E-state index in [4.69, 9.17) is 15.7 Å². The van der Waals surface area contributed by atoms with Gasteiger partial charge in [0.2, 0.25) is 0 Å². The van der Waals surface area contributed by atoms with Crippen molar-refractivity contribution in [3.63, 3.8) is 0 Å². The van der Waals surface area contributed by atoms with Gasteiger partial charge in [-0.05, 0) is 43.4 Å². The highest BCUT2D eigenvalue weighted by Crippen LogP contribution is 2.39. The number of hydrogen-bond acceptors (Lipinski definition) is 8. The molecular formula is C22H28N8O2. The van der Waals surface area contributed by atoms with Crippen LogP contribution in [-0.2, 0) is 4.79 Å². The van der Waals surface area contributed by atoms with Gasteiger partial charge in [-0.2, -0.15) is 5.10 Å². The molecule has 1 atom stereocenters. The second kappa shape index (κ2) is 8.01. The number of rotatable bonds is 5. The summed E-state index contributed by atoms with van der Waals surface area (Å²) < 4.78 is 0. The third kappa shape index (κ3) is 3.54. The lowest BCUT2D eigenvalue weighted by Crippen LogP contribution is -2.45. The summed E-state index contributed by atoms with van der Waals surface area (Å²) in [6, 6.07) is 4.03. The molecule has 0 radical (unpaired) electrons. The average molecular weight is 437 g/mol. The number of aromatic amines is 1. The van der Waals surface area contributed by atoms with Crippen molar-refractivity contribution in [2.75, 3.05) is 36.0 Å². The number of anilines is 3. The van der Waals surface area contributed by atoms with E-state index in [-0.39, 0.29) is 11.8 Å². The van der Waals surface area contributed by atoms with Crippen molar-refractivity contribution in [1.29, 1.82) is 0 Å². The molecule has 3 aromatic heterocycles. The van der Waals surface area contributed by atoms with Gasteiger partial charge in [-0.15, -0.1) is 0 Å². The SMILES string of the molecule is CC1CCN(c2n[nH]c3nc(N4CCC(CN)(CC(=O)O)CC4)cnc23)c2cccnc21. The highest BCUT2D eigenvalue weighted by Gasteiger charge is 2.36. The molecule has 0 bridgehead atoms. The summed E-state index contributed by atoms with van der Waals surface area (Å²) in [5.74, 6) is 1.15. The number of nitrogens with two attached hydrogens (primary N) is 1. The largest absolute Gasteiger partial charge is 0.481 e. The van der Waals surface area contributed by atoms with Gasteiger partial charge in [0.15, 0.2) is 17.0 Å². The van der Waals surface area contributed by atoms with Crippen molar-refractivity contribution in [2.24, 2.45) is 11.1 Å². The van der Waals surface area contributed by atoms with E-state index < -0.39 is 5.97 Å². The molecule has 10 nitrogen and oxygen atoms in total. The molecule has 1 saturated heterocycles. The lowest BCUT2D eigenvalue weighted by atomic mass is 9.76. The Morgan fingerprint density at radius 3 is 2.88 bits per heavy atom. The highest BCUT2D eigenvalue weighted by molar-refractivity contribution is 5.87. The third-order valence-electron chi connectivity index (χ3n) is 6.96. The van der Waals surface area contributed by atoms with Crippen molar-refractivity contribution in [1.82, 2.24) is 25.1 Å². The maximum absolute atomic E-state index is 11.2. The molecule has 10 heteroatoms. The first-order valence-electron chi connectivity index (χ1n) is 11.1. The molecule has 1 unspecified atom stereocenters. The minimum atomic E-state index is -0.793. The summed E-state index contributed by atoms with van der Waals surface area (Å²) in [5, 5.41) is 16.8. The van der Waals surface area contributed by atoms with Crippen molar-refractivity contribution in [3.8, 4) is 0 Å². The normalized spacial score (nSPS) is 20.4. The summed E-state index contributed by atoms with van der Waals surface area (Å²) in [5.41, 5.74) is 9.11. The molecule has 32 heavy (non-hydrogen) atoms. The maximum atomic E-state index is 11.2. The first-order valence-corrected chi connectivity index (χ1v) is 11.1. The summed E-state index contributed by atoms with van der Waals surface area (Å²) >= 11 is 0. The highest BCUT2D eigenvalue weighted by atomic mass is 16.4. The van der Waals surface area contributed by atoms with Crippen LogP contribution in [-0.4, -0.2) is 62.4 Å². The molecule has 3 aromatic rings. The molecule has 0 aromatic carbocycles. The van der Waals surface area contributed by atoms with Gasteiger partial charge in [0.25, 0.3) is 0 Å². The fraction of sp³-hybridized carbons (Fsp3) is 0.500. The van der Waals surface area contributed by atoms with Gasteiger partial charge in [-0.3, -0.25) is 14.9 Å². The van der Waals surface area contributed by atoms with Gasteiger partial charge < -0.3 is 20.6 Å². The molecule has 1 fully saturated rings. The second-order valence-corrected chi connectivity index (χ2v) is 8.98. The number of fused-ring (bicyclic) bond motifs is 2. The van der Waals surface area contributed by atoms with E-state index in [1.807, 2.05) is 12.3 Å². The van der Waals surface area contributed by atoms with Crippen LogP contribution in [0.25, 0.3) is 11.2 Å². The fourth-order valence-electron chi connectivity index (χ4n) is 4.92. The van der Waals surface area contributed by atoms with Crippen molar-refractivity contribution >= 4 is 34.5 Å². The number of piperidine rings is 1. The molecule has 5 rings (SSSR count). The Hall–Kier alpha value is -3.27. The number of H-pyrrole nitrogens is 1. The monoisotopic (exact) mass is 436 g/mol. The minimum Gasteiger partial charge on any atom is -0.481 e. The van der Waals surface area contributed by atoms with Crippen LogP contribution in [0, 0.1) is 5.41 Å². The predicted octanol–water partition coefficient (Wildman–Crippen LogP) is 2.41. The average Bonchev–Trinajstić information content (AvgIpc) is 3.23. The van der Waals surface area contributed by atoms with Gasteiger partial charge in [0.05, 0.1) is 24.0 Å². The van der Waals surface area contributed by atoms with Crippen LogP contribution < -0.4 is 15.5 Å². The van der Waals surface area contributed by atoms with Crippen molar-refractivity contribution in [3.05, 3.63) is 30.2 Å². The van der Waals surface area contributed by atoms with Crippen molar-refractivity contribution < 1.29 is 9.90 Å². The number of nitrogens with zero attached hydrogens (tertiary/aromatic N) is 6. The fourth-order valence-corrected chi connectivity index (χ4v) is 4.92. The van der Waals surface area contributed by atoms with Crippen LogP contribution in [0.5, 0.6) is 0 Å². The van der Waals surface area contributed by atoms with Gasteiger partial charge in [0, 0.05) is 31.7 Å². The van der Waals surface area contributed by atoms with Gasteiger partial charge >= 0.3 is 5.97 Å². The Balaban J connectivity index is 1.39. The third-order valence-corrected chi connectivity index (χ3v) is 6.96. The Labute approximate surface area is 185 Å². The number of hydrogen-bond donors (Lipinski definition) is 3. The molecule has 0 spiro atoms. The quantitative estimate of drug-likeness (QED) is 0.550. The zero-order valence-corrected chi connectivity index (χ0v) is 18.2. The van der Waals surface area contributed by atoms with E-state index in [0.29, 0.717) is 31.2 Å². The number of aliphatic carboxylic acids is 1. The Kier molecular flexibility index (Phi) is 5.16. The number of aromatic nitrogens is 5. The van der Waals surface area contributed by atoms with Crippen molar-refractivity contribution in [2.45, 2.75) is 38.5 Å². The van der Waals surface area contributed by atoms with E-state index >= 15 is 0 Å². The molecule has 0 aliphatic carbocycles. The van der Waals surface area contributed by atoms with Crippen LogP contribution >= 0.6 is 0 Å². The van der Waals surface area contributed by atoms with Crippen LogP contribution in [0.4, 0.5) is 17.3 Å². The van der Waals surface area contributed by atoms with Gasteiger partial charge in [-0.25, -0.2) is 9.97 Å². The molecule has 0 saturated carbocycles. The lowest BCUT2D eigenvalue weighted by Gasteiger charge is -2.40. The van der Waals surface area contributed by atoms with Crippen LogP contribution in [0.2, 0.25) is 0 Å². The smallest absolute Gasteiger partial charge is 0.303 e. The Bertz CT molecular complexity index is 1140. The number of carbonyl (C=O) groups is 1. The molecular weight excluding hydrogens is 408 g/mol. The van der Waals surface area contributed by atoms with E-state index in [1.54, 1.807) is 6.20 Å². The zero-order chi connectivity index (χ0) is 22.3. The number of carboxylic acids is 1. The molecule has 2 aliphatic heterocycles. The first kappa shape index (κ1) is 20.6. The summed E-state index contributed by atoms with van der Waals surface area (Å²) in [6.07, 6.45) is 6.17. The van der Waals surface area contributed by atoms with E-state index in [1.165, 1.54) is 0 Å². The number of carboxylic acid groups (broad SMARTS) is 1. The van der Waals surface area contributed by atoms with E-state index in [2.05, 4.69) is 38.0 Å². The van der Waals surface area contributed by atoms with Crippen LogP contribution in [0.15, 0.2) is 24.5 Å². The molecule has 168 valence electrons. The predicted molar refractivity (Wildman–Crippen MR) is 121 cm³/mol. The lowest BCUT2D eigenvalue weighted by molar-refractivity contribution is -0.140. The van der Waals surface area contributed by atoms with Gasteiger partial charge in [0.1, 0.15) is 5.82 Å². The zero-order valence-electron chi connectivity index (χ0n) is 18.2. The van der Waals surface area contributed by atoms with Gasteiger partial charge in [-0.1, -0.05) is 6.92 Å². The summed E-state index contributed by atoms with van der Waals surface area (Å²) in [7, 11) is 0. The first-order chi connectivity index (χ1) is 15.5. The number of nitrogens with one attached hydrogen (secondary N) is 1. The summed E-state index contributed by atoms with van der Waals surface area (Å²) in [4.78, 5) is 29.6. The molecule has 2 aliphatic rings. The van der Waals surface area contributed by atoms with E-state index in [0.717, 1.165) is 54.3 Å². The van der Waals surface area contributed by atoms with Crippen LogP contribution in [0.1, 0.15) is 44.2 Å². The maximum Gasteiger partial charge on any atom is 0.303 e. The molecule has 0 amide bonds. The standard InChI is InChI=1S/C22H28N8O2/c1-14-4-8-30(15-3-2-7-24-18(14)15)21-19-20(27-28-21)26-16(12-25-19)29-9-5-22(13-23,6-10-29)11-17(31)32/h2-3,7,12,14H,4-6,8-11,13,23H2,1H3,(H,31,32)(H,26,27,28). The summed E-state index contributed by atoms with van der Waals surface area (Å²) in [6.45, 7) is 4.84. The minimum absolute atomic E-state index is 0.108. The Morgan fingerprint density at radius 2 is 2.12 bits per heavy atom. The molecule has 5 heterocycles. The number of pyridine rings is 1. The second-order valence-electron chi connectivity index (χ2n) is 8.98.